The van der Waals surface area contributed by atoms with Gasteiger partial charge in [0.25, 0.3) is 5.91 Å². The molecule has 1 saturated heterocycles. The van der Waals surface area contributed by atoms with Crippen molar-refractivity contribution < 1.29 is 19.1 Å². The molecule has 1 N–H and O–H groups in total. The van der Waals surface area contributed by atoms with Crippen LogP contribution in [0.3, 0.4) is 0 Å². The van der Waals surface area contributed by atoms with E-state index in [-0.39, 0.29) is 17.9 Å². The Kier molecular flexibility index (Phi) is 6.53. The number of anilines is 1. The Bertz CT molecular complexity index is 1600. The van der Waals surface area contributed by atoms with Crippen LogP contribution in [0.5, 0.6) is 11.5 Å². The molecule has 0 aliphatic carbocycles. The number of hydrogen-bond donors (Lipinski definition) is 1. The number of hydrogen-bond acceptors (Lipinski definition) is 7. The van der Waals surface area contributed by atoms with E-state index in [1.165, 1.54) is 19.4 Å². The van der Waals surface area contributed by atoms with E-state index in [9.17, 15) is 14.9 Å². The lowest BCUT2D eigenvalue weighted by Gasteiger charge is -2.18. The Labute approximate surface area is 218 Å². The van der Waals surface area contributed by atoms with E-state index in [0.717, 1.165) is 17.5 Å². The molecule has 1 aromatic carbocycles. The Morgan fingerprint density at radius 1 is 1.13 bits per heavy atom. The summed E-state index contributed by atoms with van der Waals surface area (Å²) in [7, 11) is 3.04. The first-order valence-electron chi connectivity index (χ1n) is 11.9. The fourth-order valence-electron chi connectivity index (χ4n) is 4.60. The second kappa shape index (κ2) is 10.1. The van der Waals surface area contributed by atoms with Gasteiger partial charge in [0.05, 0.1) is 38.3 Å². The highest BCUT2D eigenvalue weighted by Crippen LogP contribution is 2.32. The molecule has 1 aliphatic heterocycles. The molecule has 38 heavy (non-hydrogen) atoms. The second-order valence-corrected chi connectivity index (χ2v) is 8.77. The highest BCUT2D eigenvalue weighted by Gasteiger charge is 2.29. The molecule has 4 heterocycles. The van der Waals surface area contributed by atoms with Crippen LogP contribution in [0, 0.1) is 11.3 Å². The first-order chi connectivity index (χ1) is 18.4. The van der Waals surface area contributed by atoms with E-state index in [0.29, 0.717) is 46.9 Å². The van der Waals surface area contributed by atoms with E-state index < -0.39 is 0 Å². The maximum Gasteiger partial charge on any atom is 0.254 e. The molecule has 0 unspecified atom stereocenters. The number of likely N-dealkylation sites (tertiary alicyclic amines) is 1. The number of rotatable bonds is 7. The van der Waals surface area contributed by atoms with Crippen LogP contribution in [0.4, 0.5) is 5.69 Å². The summed E-state index contributed by atoms with van der Waals surface area (Å²) >= 11 is 0. The lowest BCUT2D eigenvalue weighted by molar-refractivity contribution is -0.111. The van der Waals surface area contributed by atoms with Crippen LogP contribution in [0.1, 0.15) is 28.4 Å². The molecule has 11 heteroatoms. The van der Waals surface area contributed by atoms with Crippen molar-refractivity contribution in [2.45, 2.75) is 12.5 Å². The molecule has 0 bridgehead atoms. The third-order valence-corrected chi connectivity index (χ3v) is 6.57. The second-order valence-electron chi connectivity index (χ2n) is 8.77. The first kappa shape index (κ1) is 24.6. The quantitative estimate of drug-likeness (QED) is 0.377. The van der Waals surface area contributed by atoms with Crippen LogP contribution in [0.15, 0.2) is 61.7 Å². The molecule has 1 fully saturated rings. The van der Waals surface area contributed by atoms with Crippen molar-refractivity contribution in [3.05, 3.63) is 72.8 Å². The van der Waals surface area contributed by atoms with Crippen molar-refractivity contribution >= 4 is 23.0 Å². The van der Waals surface area contributed by atoms with Gasteiger partial charge in [0.2, 0.25) is 5.91 Å². The molecular weight excluding hydrogens is 486 g/mol. The van der Waals surface area contributed by atoms with Crippen molar-refractivity contribution in [3.63, 3.8) is 0 Å². The average Bonchev–Trinajstić information content (AvgIpc) is 3.71. The molecule has 5 rings (SSSR count). The normalized spacial score (nSPS) is 14.8. The summed E-state index contributed by atoms with van der Waals surface area (Å²) in [6, 6.07) is 8.94. The minimum atomic E-state index is -0.363. The predicted octanol–water partition coefficient (Wildman–Crippen LogP) is 3.30. The first-order valence-corrected chi connectivity index (χ1v) is 11.9. The third kappa shape index (κ3) is 4.43. The van der Waals surface area contributed by atoms with Gasteiger partial charge >= 0.3 is 0 Å². The number of amides is 2. The van der Waals surface area contributed by atoms with Crippen molar-refractivity contribution in [1.82, 2.24) is 24.3 Å². The Hall–Kier alpha value is -5.11. The van der Waals surface area contributed by atoms with Crippen molar-refractivity contribution in [3.8, 4) is 28.7 Å². The number of aromatic nitrogens is 4. The van der Waals surface area contributed by atoms with Crippen LogP contribution in [0.25, 0.3) is 16.6 Å². The fourth-order valence-corrected chi connectivity index (χ4v) is 4.60. The zero-order valence-electron chi connectivity index (χ0n) is 20.9. The Morgan fingerprint density at radius 2 is 1.95 bits per heavy atom. The van der Waals surface area contributed by atoms with Crippen LogP contribution in [0.2, 0.25) is 0 Å². The molecule has 1 atom stereocenters. The van der Waals surface area contributed by atoms with Gasteiger partial charge in [0.1, 0.15) is 28.6 Å². The maximum absolute atomic E-state index is 13.2. The summed E-state index contributed by atoms with van der Waals surface area (Å²) in [4.78, 5) is 26.7. The number of fused-ring (bicyclic) bond motifs is 1. The van der Waals surface area contributed by atoms with Crippen LogP contribution in [-0.2, 0) is 4.79 Å². The van der Waals surface area contributed by atoms with Crippen molar-refractivity contribution in [2.75, 3.05) is 32.6 Å². The lowest BCUT2D eigenvalue weighted by atomic mass is 10.1. The number of methoxy groups -OCH3 is 2. The van der Waals surface area contributed by atoms with Crippen LogP contribution >= 0.6 is 0 Å². The van der Waals surface area contributed by atoms with Gasteiger partial charge in [-0.2, -0.15) is 15.5 Å². The SMILES string of the molecule is C=CC(=O)Nc1ccc(C(=O)N2CC[C@H](n3cc(-c4cc(OC)c5c(C#N)cnn5c4)cn3)C2)cc1OC. The van der Waals surface area contributed by atoms with Gasteiger partial charge in [-0.1, -0.05) is 6.58 Å². The molecule has 4 aromatic rings. The fraction of sp³-hybridized carbons (Fsp3) is 0.222. The topological polar surface area (TPSA) is 127 Å². The average molecular weight is 512 g/mol. The van der Waals surface area contributed by atoms with Crippen LogP contribution < -0.4 is 14.8 Å². The largest absolute Gasteiger partial charge is 0.495 e. The minimum Gasteiger partial charge on any atom is -0.495 e. The number of ether oxygens (including phenoxy) is 2. The van der Waals surface area contributed by atoms with Gasteiger partial charge in [-0.05, 0) is 36.8 Å². The summed E-state index contributed by atoms with van der Waals surface area (Å²) in [5.74, 6) is 0.456. The molecular formula is C27H25N7O4. The Morgan fingerprint density at radius 3 is 2.68 bits per heavy atom. The number of carbonyl (C=O) groups is 2. The molecule has 0 radical (unpaired) electrons. The summed E-state index contributed by atoms with van der Waals surface area (Å²) in [6.45, 7) is 4.53. The summed E-state index contributed by atoms with van der Waals surface area (Å²) in [5, 5.41) is 20.8. The predicted molar refractivity (Wildman–Crippen MR) is 139 cm³/mol. The van der Waals surface area contributed by atoms with Gasteiger partial charge in [0, 0.05) is 42.2 Å². The van der Waals surface area contributed by atoms with E-state index in [2.05, 4.69) is 28.2 Å². The van der Waals surface area contributed by atoms with Gasteiger partial charge < -0.3 is 19.7 Å². The van der Waals surface area contributed by atoms with Gasteiger partial charge in [0.15, 0.2) is 0 Å². The molecule has 0 saturated carbocycles. The lowest BCUT2D eigenvalue weighted by Crippen LogP contribution is -2.29. The number of nitrogens with zero attached hydrogens (tertiary/aromatic N) is 6. The summed E-state index contributed by atoms with van der Waals surface area (Å²) in [6.07, 6.45) is 8.97. The minimum absolute atomic E-state index is 0.0151. The molecule has 3 aromatic heterocycles. The highest BCUT2D eigenvalue weighted by molar-refractivity contribution is 6.01. The Balaban J connectivity index is 1.32. The smallest absolute Gasteiger partial charge is 0.254 e. The summed E-state index contributed by atoms with van der Waals surface area (Å²) < 4.78 is 14.4. The van der Waals surface area contributed by atoms with Crippen molar-refractivity contribution in [1.29, 1.82) is 5.26 Å². The third-order valence-electron chi connectivity index (χ3n) is 6.57. The monoisotopic (exact) mass is 511 g/mol. The zero-order valence-corrected chi connectivity index (χ0v) is 20.9. The van der Waals surface area contributed by atoms with Gasteiger partial charge in [-0.15, -0.1) is 0 Å². The molecule has 2 amide bonds. The molecule has 192 valence electrons. The van der Waals surface area contributed by atoms with Crippen LogP contribution in [-0.4, -0.2) is 63.4 Å². The van der Waals surface area contributed by atoms with E-state index in [4.69, 9.17) is 9.47 Å². The van der Waals surface area contributed by atoms with E-state index >= 15 is 0 Å². The number of nitriles is 1. The number of carbonyl (C=O) groups excluding carboxylic acids is 2. The molecule has 11 nitrogen and oxygen atoms in total. The maximum atomic E-state index is 13.2. The molecule has 0 spiro atoms. The van der Waals surface area contributed by atoms with Gasteiger partial charge in [-0.3, -0.25) is 14.3 Å². The molecule has 1 aliphatic rings. The number of nitrogens with one attached hydrogen (secondary N) is 1. The zero-order chi connectivity index (χ0) is 26.8. The number of pyridine rings is 1. The van der Waals surface area contributed by atoms with E-state index in [1.54, 1.807) is 40.9 Å². The standard InChI is InChI=1S/C27H25N7O4/c1-4-25(35)31-22-6-5-17(9-23(22)37-2)27(36)32-8-7-21(16-32)33-15-20(13-29-33)18-10-24(38-3)26-19(11-28)12-30-34(26)14-18/h4-6,9-10,12-15,21H,1,7-8,16H2,2-3H3,(H,31,35)/t21-/m0/s1. The summed E-state index contributed by atoms with van der Waals surface area (Å²) in [5.41, 5.74) is 3.70. The van der Waals surface area contributed by atoms with E-state index in [1.807, 2.05) is 23.1 Å². The highest BCUT2D eigenvalue weighted by atomic mass is 16.5. The van der Waals surface area contributed by atoms with Gasteiger partial charge in [-0.25, -0.2) is 4.52 Å². The van der Waals surface area contributed by atoms with Crippen molar-refractivity contribution in [2.24, 2.45) is 0 Å². The number of benzene rings is 1.